The molecule has 0 saturated heterocycles. The number of nitrogen functional groups attached to an aromatic ring is 1. The molecule has 0 spiro atoms. The minimum absolute atomic E-state index is 0.203. The van der Waals surface area contributed by atoms with Crippen LogP contribution < -0.4 is 5.73 Å². The monoisotopic (exact) mass is 268 g/mol. The third-order valence-corrected chi connectivity index (χ3v) is 2.95. The van der Waals surface area contributed by atoms with Gasteiger partial charge in [0.15, 0.2) is 11.6 Å². The lowest BCUT2D eigenvalue weighted by atomic mass is 10.1. The maximum Gasteiger partial charge on any atom is 0.169 e. The van der Waals surface area contributed by atoms with Crippen LogP contribution in [0.5, 0.6) is 5.75 Å². The summed E-state index contributed by atoms with van der Waals surface area (Å²) in [4.78, 5) is 0. The molecule has 0 fully saturated rings. The molecular formula is C10H9BrN2O2. The van der Waals surface area contributed by atoms with Crippen LogP contribution in [0.25, 0.3) is 11.3 Å². The Balaban J connectivity index is 2.55. The Labute approximate surface area is 94.8 Å². The summed E-state index contributed by atoms with van der Waals surface area (Å²) >= 11 is 3.35. The highest BCUT2D eigenvalue weighted by molar-refractivity contribution is 9.10. The molecule has 0 amide bonds. The number of nitrogens with zero attached hydrogens (tertiary/aromatic N) is 1. The molecule has 0 atom stereocenters. The molecule has 1 heterocycles. The van der Waals surface area contributed by atoms with Crippen molar-refractivity contribution < 1.29 is 9.63 Å². The first kappa shape index (κ1) is 10.0. The molecule has 0 aliphatic heterocycles. The standard InChI is InChI=1S/C10H9BrN2O2/c1-5-7(11)2-6(3-8(5)14)9-4-10(12)13-15-9/h2-4,14H,1H3,(H2,12,13). The highest BCUT2D eigenvalue weighted by Gasteiger charge is 2.09. The van der Waals surface area contributed by atoms with Crippen molar-refractivity contribution >= 4 is 21.7 Å². The zero-order valence-corrected chi connectivity index (χ0v) is 9.58. The van der Waals surface area contributed by atoms with E-state index in [1.807, 2.05) is 13.0 Å². The Kier molecular flexibility index (Phi) is 2.40. The molecule has 0 aliphatic rings. The normalized spacial score (nSPS) is 10.5. The first-order valence-electron chi connectivity index (χ1n) is 4.29. The molecule has 78 valence electrons. The van der Waals surface area contributed by atoms with Gasteiger partial charge >= 0.3 is 0 Å². The van der Waals surface area contributed by atoms with E-state index in [-0.39, 0.29) is 5.75 Å². The van der Waals surface area contributed by atoms with Crippen LogP contribution in [0.15, 0.2) is 27.2 Å². The second kappa shape index (κ2) is 3.58. The molecule has 2 aromatic rings. The summed E-state index contributed by atoms with van der Waals surface area (Å²) in [5.41, 5.74) is 6.96. The van der Waals surface area contributed by atoms with E-state index in [2.05, 4.69) is 21.1 Å². The Hall–Kier alpha value is -1.49. The topological polar surface area (TPSA) is 72.3 Å². The Bertz CT molecular complexity index is 485. The molecule has 15 heavy (non-hydrogen) atoms. The van der Waals surface area contributed by atoms with Gasteiger partial charge in [0, 0.05) is 21.7 Å². The van der Waals surface area contributed by atoms with Crippen LogP contribution in [-0.2, 0) is 0 Å². The molecule has 0 saturated carbocycles. The van der Waals surface area contributed by atoms with Crippen molar-refractivity contribution in [2.24, 2.45) is 0 Å². The van der Waals surface area contributed by atoms with Crippen LogP contribution >= 0.6 is 15.9 Å². The maximum absolute atomic E-state index is 9.63. The van der Waals surface area contributed by atoms with Gasteiger partial charge in [0.1, 0.15) is 5.75 Å². The van der Waals surface area contributed by atoms with Gasteiger partial charge in [-0.25, -0.2) is 0 Å². The number of hydrogen-bond donors (Lipinski definition) is 2. The van der Waals surface area contributed by atoms with E-state index in [1.165, 1.54) is 0 Å². The average molecular weight is 269 g/mol. The third kappa shape index (κ3) is 1.83. The van der Waals surface area contributed by atoms with Crippen LogP contribution in [-0.4, -0.2) is 10.3 Å². The molecule has 4 nitrogen and oxygen atoms in total. The summed E-state index contributed by atoms with van der Waals surface area (Å²) in [6, 6.07) is 5.06. The maximum atomic E-state index is 9.63. The number of nitrogens with two attached hydrogens (primary N) is 1. The fraction of sp³-hybridized carbons (Fsp3) is 0.100. The number of phenolic OH excluding ortho intramolecular Hbond substituents is 1. The SMILES string of the molecule is Cc1c(O)cc(-c2cc(N)no2)cc1Br. The van der Waals surface area contributed by atoms with E-state index in [4.69, 9.17) is 10.3 Å². The quantitative estimate of drug-likeness (QED) is 0.834. The second-order valence-corrected chi connectivity index (χ2v) is 4.07. The van der Waals surface area contributed by atoms with Gasteiger partial charge in [-0.1, -0.05) is 21.1 Å². The number of aromatic hydroxyl groups is 1. The minimum atomic E-state index is 0.203. The molecule has 1 aromatic carbocycles. The fourth-order valence-corrected chi connectivity index (χ4v) is 1.68. The summed E-state index contributed by atoms with van der Waals surface area (Å²) in [5.74, 6) is 1.05. The lowest BCUT2D eigenvalue weighted by molar-refractivity contribution is 0.434. The molecule has 0 unspecified atom stereocenters. The van der Waals surface area contributed by atoms with Gasteiger partial charge in [-0.15, -0.1) is 0 Å². The van der Waals surface area contributed by atoms with Crippen molar-refractivity contribution in [3.05, 3.63) is 28.2 Å². The van der Waals surface area contributed by atoms with Gasteiger partial charge in [0.2, 0.25) is 0 Å². The summed E-state index contributed by atoms with van der Waals surface area (Å²) < 4.78 is 5.81. The first-order valence-corrected chi connectivity index (χ1v) is 5.09. The molecule has 0 radical (unpaired) electrons. The second-order valence-electron chi connectivity index (χ2n) is 3.22. The van der Waals surface area contributed by atoms with Gasteiger partial charge in [-0.3, -0.25) is 0 Å². The van der Waals surface area contributed by atoms with Crippen molar-refractivity contribution in [1.82, 2.24) is 5.16 Å². The van der Waals surface area contributed by atoms with Crippen LogP contribution in [0.1, 0.15) is 5.56 Å². The Morgan fingerprint density at radius 2 is 2.13 bits per heavy atom. The minimum Gasteiger partial charge on any atom is -0.508 e. The van der Waals surface area contributed by atoms with Crippen molar-refractivity contribution in [2.75, 3.05) is 5.73 Å². The fourth-order valence-electron chi connectivity index (χ4n) is 1.23. The van der Waals surface area contributed by atoms with Gasteiger partial charge in [-0.05, 0) is 19.1 Å². The largest absolute Gasteiger partial charge is 0.508 e. The predicted molar refractivity (Wildman–Crippen MR) is 60.5 cm³/mol. The number of rotatable bonds is 1. The van der Waals surface area contributed by atoms with E-state index in [9.17, 15) is 5.11 Å². The number of benzene rings is 1. The van der Waals surface area contributed by atoms with E-state index in [0.717, 1.165) is 15.6 Å². The Morgan fingerprint density at radius 1 is 1.40 bits per heavy atom. The van der Waals surface area contributed by atoms with Gasteiger partial charge in [0.25, 0.3) is 0 Å². The van der Waals surface area contributed by atoms with E-state index in [0.29, 0.717) is 11.6 Å². The van der Waals surface area contributed by atoms with Crippen LogP contribution in [0.4, 0.5) is 5.82 Å². The first-order chi connectivity index (χ1) is 7.08. The predicted octanol–water partition coefficient (Wildman–Crippen LogP) is 2.70. The highest BCUT2D eigenvalue weighted by Crippen LogP contribution is 2.32. The Morgan fingerprint density at radius 3 is 2.67 bits per heavy atom. The molecule has 3 N–H and O–H groups in total. The summed E-state index contributed by atoms with van der Waals surface area (Å²) in [6.45, 7) is 1.82. The molecule has 1 aromatic heterocycles. The van der Waals surface area contributed by atoms with E-state index in [1.54, 1.807) is 12.1 Å². The average Bonchev–Trinajstić information content (AvgIpc) is 2.60. The highest BCUT2D eigenvalue weighted by atomic mass is 79.9. The smallest absolute Gasteiger partial charge is 0.169 e. The number of aromatic nitrogens is 1. The van der Waals surface area contributed by atoms with Crippen LogP contribution in [0, 0.1) is 6.92 Å². The molecule has 2 rings (SSSR count). The number of anilines is 1. The number of hydrogen-bond acceptors (Lipinski definition) is 4. The lowest BCUT2D eigenvalue weighted by Gasteiger charge is -2.03. The number of halogens is 1. The van der Waals surface area contributed by atoms with E-state index >= 15 is 0 Å². The lowest BCUT2D eigenvalue weighted by Crippen LogP contribution is -1.81. The van der Waals surface area contributed by atoms with Crippen LogP contribution in [0.3, 0.4) is 0 Å². The number of phenols is 1. The van der Waals surface area contributed by atoms with Crippen molar-refractivity contribution in [3.63, 3.8) is 0 Å². The third-order valence-electron chi connectivity index (χ3n) is 2.13. The zero-order chi connectivity index (χ0) is 11.0. The summed E-state index contributed by atoms with van der Waals surface area (Å²) in [5, 5.41) is 13.2. The van der Waals surface area contributed by atoms with Gasteiger partial charge < -0.3 is 15.4 Å². The molecule has 0 aliphatic carbocycles. The van der Waals surface area contributed by atoms with Gasteiger partial charge in [-0.2, -0.15) is 0 Å². The molecule has 0 bridgehead atoms. The van der Waals surface area contributed by atoms with Crippen molar-refractivity contribution in [3.8, 4) is 17.1 Å². The van der Waals surface area contributed by atoms with Gasteiger partial charge in [0.05, 0.1) is 0 Å². The van der Waals surface area contributed by atoms with E-state index < -0.39 is 0 Å². The molecular weight excluding hydrogens is 260 g/mol. The van der Waals surface area contributed by atoms with Crippen molar-refractivity contribution in [1.29, 1.82) is 0 Å². The summed E-state index contributed by atoms with van der Waals surface area (Å²) in [6.07, 6.45) is 0. The summed E-state index contributed by atoms with van der Waals surface area (Å²) in [7, 11) is 0. The van der Waals surface area contributed by atoms with Crippen LogP contribution in [0.2, 0.25) is 0 Å². The van der Waals surface area contributed by atoms with Crippen molar-refractivity contribution in [2.45, 2.75) is 6.92 Å². The molecule has 5 heteroatoms. The zero-order valence-electron chi connectivity index (χ0n) is 7.99.